The molecule has 0 aliphatic rings. The van der Waals surface area contributed by atoms with Gasteiger partial charge in [-0.25, -0.2) is 0 Å². The van der Waals surface area contributed by atoms with Crippen molar-refractivity contribution in [2.24, 2.45) is 0 Å². The molecule has 0 atom stereocenters. The standard InChI is InChI=1S/C54H24.6Y/c1-7-19-43(20-8-1)31-37-49-50(38-32-44-21-9-2-10-22-44)52(40-34-46-25-13-4-14-26-46)54(42-36-48-29-17-6-18-30-48)53(41-35-47-27-15-5-16-28-47)51(49)39-33-45-23-11-3-12-24-45;;;;;;/h7-30H;;;;;;/q-6;;;;;;. The number of rotatable bonds is 0. The van der Waals surface area contributed by atoms with Crippen molar-refractivity contribution in [2.75, 3.05) is 0 Å². The Morgan fingerprint density at radius 1 is 0.183 bits per heavy atom. The van der Waals surface area contributed by atoms with E-state index < -0.39 is 0 Å². The second-order valence-corrected chi connectivity index (χ2v) is 11.5. The molecule has 0 saturated heterocycles. The van der Waals surface area contributed by atoms with Crippen molar-refractivity contribution in [3.05, 3.63) is 249 Å². The van der Waals surface area contributed by atoms with Gasteiger partial charge in [-0.15, -0.1) is 0 Å². The van der Waals surface area contributed by atoms with Gasteiger partial charge < -0.3 is 0 Å². The average Bonchev–Trinajstić information content (AvgIpc) is 3.24. The summed E-state index contributed by atoms with van der Waals surface area (Å²) in [7, 11) is 0. The summed E-state index contributed by atoms with van der Waals surface area (Å²) in [6.45, 7) is 0. The molecule has 0 nitrogen and oxygen atoms in total. The third-order valence-electron chi connectivity index (χ3n) is 7.80. The van der Waals surface area contributed by atoms with Crippen LogP contribution in [0.4, 0.5) is 0 Å². The SMILES string of the molecule is C(#Cc1c(C#Cc2cc[c-]cc2)c(C#Cc2cc[c-]cc2)c(C#Cc2cc[c-]cc2)c(C#Cc2cc[c-]cc2)c1C#Cc1cc[c-]cc1)c1cc[c-]cc1.[Y].[Y].[Y].[Y].[Y].[Y]. The van der Waals surface area contributed by atoms with Gasteiger partial charge in [0.25, 0.3) is 0 Å². The van der Waals surface area contributed by atoms with Crippen LogP contribution in [0, 0.1) is 107 Å². The Bertz CT molecular complexity index is 2270. The zero-order valence-electron chi connectivity index (χ0n) is 32.3. The molecule has 0 heterocycles. The zero-order valence-corrected chi connectivity index (χ0v) is 49.4. The minimum Gasteiger partial charge on any atom is -0.184 e. The first kappa shape index (κ1) is 56.5. The molecule has 6 radical (unpaired) electrons. The molecule has 0 bridgehead atoms. The second-order valence-electron chi connectivity index (χ2n) is 11.5. The monoisotopic (exact) mass is 1210 g/mol. The molecule has 7 rings (SSSR count). The van der Waals surface area contributed by atoms with E-state index in [1.807, 2.05) is 146 Å². The molecule has 0 unspecified atom stereocenters. The van der Waals surface area contributed by atoms with E-state index in [2.05, 4.69) is 107 Å². The molecular weight excluding hydrogens is 1180 g/mol. The van der Waals surface area contributed by atoms with Gasteiger partial charge in [-0.2, -0.15) is 182 Å². The van der Waals surface area contributed by atoms with Gasteiger partial charge >= 0.3 is 0 Å². The van der Waals surface area contributed by atoms with E-state index in [1.54, 1.807) is 0 Å². The third kappa shape index (κ3) is 17.2. The van der Waals surface area contributed by atoms with Gasteiger partial charge in [0, 0.05) is 196 Å². The summed E-state index contributed by atoms with van der Waals surface area (Å²) >= 11 is 0. The van der Waals surface area contributed by atoms with E-state index in [-0.39, 0.29) is 196 Å². The molecule has 0 amide bonds. The van der Waals surface area contributed by atoms with Gasteiger partial charge in [0.05, 0.1) is 33.4 Å². The van der Waals surface area contributed by atoms with Crippen molar-refractivity contribution in [3.8, 4) is 71.0 Å². The largest absolute Gasteiger partial charge is 0.184 e. The van der Waals surface area contributed by atoms with Crippen LogP contribution < -0.4 is 0 Å². The van der Waals surface area contributed by atoms with Crippen LogP contribution in [0.25, 0.3) is 0 Å². The summed E-state index contributed by atoms with van der Waals surface area (Å²) < 4.78 is 0. The van der Waals surface area contributed by atoms with Crippen LogP contribution in [0.1, 0.15) is 66.8 Å². The minimum atomic E-state index is 0. The van der Waals surface area contributed by atoms with Gasteiger partial charge in [-0.3, -0.25) is 0 Å². The van der Waals surface area contributed by atoms with Crippen LogP contribution >= 0.6 is 0 Å². The smallest absolute Gasteiger partial charge is 0.0587 e. The van der Waals surface area contributed by atoms with Crippen LogP contribution in [0.3, 0.4) is 0 Å². The first-order valence-electron chi connectivity index (χ1n) is 16.9. The van der Waals surface area contributed by atoms with Gasteiger partial charge in [-0.05, 0) is 0 Å². The van der Waals surface area contributed by atoms with Gasteiger partial charge in [0.15, 0.2) is 0 Å². The van der Waals surface area contributed by atoms with E-state index in [0.717, 1.165) is 33.4 Å². The summed E-state index contributed by atoms with van der Waals surface area (Å²) in [5.74, 6) is 41.0. The molecule has 60 heavy (non-hydrogen) atoms. The number of hydrogen-bond acceptors (Lipinski definition) is 0. The Morgan fingerprint density at radius 3 is 0.417 bits per heavy atom. The average molecular weight is 1210 g/mol. The minimum absolute atomic E-state index is 0. The first-order chi connectivity index (χ1) is 26.8. The predicted octanol–water partition coefficient (Wildman–Crippen LogP) is 8.87. The third-order valence-corrected chi connectivity index (χ3v) is 7.80. The predicted molar refractivity (Wildman–Crippen MR) is 214 cm³/mol. The molecule has 0 fully saturated rings. The summed E-state index contributed by atoms with van der Waals surface area (Å²) in [6.07, 6.45) is 0. The maximum Gasteiger partial charge on any atom is 0.0587 e. The van der Waals surface area contributed by atoms with Crippen LogP contribution in [0.15, 0.2) is 146 Å². The maximum atomic E-state index is 3.47. The van der Waals surface area contributed by atoms with Crippen LogP contribution in [-0.2, 0) is 196 Å². The fourth-order valence-electron chi connectivity index (χ4n) is 5.13. The van der Waals surface area contributed by atoms with E-state index >= 15 is 0 Å². The summed E-state index contributed by atoms with van der Waals surface area (Å²) in [4.78, 5) is 0. The van der Waals surface area contributed by atoms with E-state index in [9.17, 15) is 0 Å². The first-order valence-corrected chi connectivity index (χ1v) is 16.9. The maximum absolute atomic E-state index is 3.47. The topological polar surface area (TPSA) is 0 Å². The Labute approximate surface area is 506 Å². The molecule has 6 heteroatoms. The van der Waals surface area contributed by atoms with Gasteiger partial charge in [0.1, 0.15) is 0 Å². The van der Waals surface area contributed by atoms with E-state index in [0.29, 0.717) is 33.4 Å². The van der Waals surface area contributed by atoms with Crippen molar-refractivity contribution < 1.29 is 196 Å². The molecule has 0 N–H and O–H groups in total. The van der Waals surface area contributed by atoms with Crippen LogP contribution in [0.5, 0.6) is 0 Å². The van der Waals surface area contributed by atoms with Gasteiger partial charge in [0.2, 0.25) is 0 Å². The molecule has 7 aromatic rings. The molecule has 0 saturated carbocycles. The molecule has 0 spiro atoms. The molecule has 0 aromatic heterocycles. The Kier molecular flexibility index (Phi) is 29.6. The zero-order chi connectivity index (χ0) is 36.6. The van der Waals surface area contributed by atoms with Crippen molar-refractivity contribution in [1.29, 1.82) is 0 Å². The summed E-state index contributed by atoms with van der Waals surface area (Å²) in [5.41, 5.74) is 8.49. The summed E-state index contributed by atoms with van der Waals surface area (Å²) in [5, 5.41) is 0. The Hall–Kier alpha value is -1.48. The molecule has 0 aliphatic heterocycles. The van der Waals surface area contributed by atoms with Crippen molar-refractivity contribution >= 4 is 0 Å². The van der Waals surface area contributed by atoms with Crippen LogP contribution in [-0.4, -0.2) is 0 Å². The van der Waals surface area contributed by atoms with E-state index in [1.165, 1.54) is 0 Å². The molecule has 7 aromatic carbocycles. The molecular formula is C54H24Y6-6. The van der Waals surface area contributed by atoms with Gasteiger partial charge in [-0.1, -0.05) is 104 Å². The Morgan fingerprint density at radius 2 is 0.300 bits per heavy atom. The fraction of sp³-hybridized carbons (Fsp3) is 0. The molecule has 0 aliphatic carbocycles. The van der Waals surface area contributed by atoms with Crippen molar-refractivity contribution in [2.45, 2.75) is 0 Å². The number of benzene rings is 7. The molecule has 264 valence electrons. The normalized spacial score (nSPS) is 8.40. The number of hydrogen-bond donors (Lipinski definition) is 0. The fourth-order valence-corrected chi connectivity index (χ4v) is 5.13. The van der Waals surface area contributed by atoms with Crippen molar-refractivity contribution in [1.82, 2.24) is 0 Å². The second kappa shape index (κ2) is 31.4. The Balaban J connectivity index is 0.00000300. The summed E-state index contributed by atoms with van der Waals surface area (Å²) in [6, 6.07) is 63.5. The quantitative estimate of drug-likeness (QED) is 0.105. The van der Waals surface area contributed by atoms with Crippen LogP contribution in [0.2, 0.25) is 0 Å². The van der Waals surface area contributed by atoms with Crippen molar-refractivity contribution in [3.63, 3.8) is 0 Å². The van der Waals surface area contributed by atoms with E-state index in [4.69, 9.17) is 0 Å².